The largest absolute Gasteiger partial charge is 0.337 e. The first kappa shape index (κ1) is 19.7. The number of benzene rings is 1. The number of aromatic nitrogens is 2. The molecule has 5 nitrogen and oxygen atoms in total. The van der Waals surface area contributed by atoms with Gasteiger partial charge in [-0.1, -0.05) is 12.1 Å². The van der Waals surface area contributed by atoms with Crippen LogP contribution in [0, 0.1) is 6.92 Å². The number of hydrogen-bond acceptors (Lipinski definition) is 3. The Balaban J connectivity index is 0.00000132. The SMILES string of the molecule is CNCC1CCCN1C(=O)Cn1c(C)nc2ccccc21.Cl.Cl. The minimum Gasteiger partial charge on any atom is -0.337 e. The van der Waals surface area contributed by atoms with Gasteiger partial charge in [0.15, 0.2) is 0 Å². The number of carbonyl (C=O) groups excluding carboxylic acids is 1. The maximum atomic E-state index is 12.6. The first-order valence-electron chi connectivity index (χ1n) is 7.56. The molecule has 0 aliphatic carbocycles. The van der Waals surface area contributed by atoms with Crippen molar-refractivity contribution in [3.05, 3.63) is 30.1 Å². The number of carbonyl (C=O) groups is 1. The predicted molar refractivity (Wildman–Crippen MR) is 97.6 cm³/mol. The second-order valence-electron chi connectivity index (χ2n) is 5.67. The minimum absolute atomic E-state index is 0. The van der Waals surface area contributed by atoms with E-state index in [4.69, 9.17) is 0 Å². The summed E-state index contributed by atoms with van der Waals surface area (Å²) >= 11 is 0. The van der Waals surface area contributed by atoms with Gasteiger partial charge in [0.25, 0.3) is 0 Å². The predicted octanol–water partition coefficient (Wildman–Crippen LogP) is 2.40. The van der Waals surface area contributed by atoms with Gasteiger partial charge in [-0.25, -0.2) is 4.98 Å². The fourth-order valence-electron chi connectivity index (χ4n) is 3.23. The van der Waals surface area contributed by atoms with Gasteiger partial charge in [0, 0.05) is 19.1 Å². The van der Waals surface area contributed by atoms with E-state index in [0.717, 1.165) is 42.8 Å². The third kappa shape index (κ3) is 3.97. The number of fused-ring (bicyclic) bond motifs is 1. The van der Waals surface area contributed by atoms with Gasteiger partial charge in [0.05, 0.1) is 11.0 Å². The van der Waals surface area contributed by atoms with E-state index in [2.05, 4.69) is 10.3 Å². The number of nitrogens with zero attached hydrogens (tertiary/aromatic N) is 3. The third-order valence-corrected chi connectivity index (χ3v) is 4.28. The zero-order valence-electron chi connectivity index (χ0n) is 13.5. The minimum atomic E-state index is 0. The average Bonchev–Trinajstić information content (AvgIpc) is 3.05. The average molecular weight is 359 g/mol. The molecular formula is C16H24Cl2N4O. The van der Waals surface area contributed by atoms with E-state index in [0.29, 0.717) is 12.6 Å². The van der Waals surface area contributed by atoms with Crippen LogP contribution >= 0.6 is 24.8 Å². The molecule has 1 saturated heterocycles. The molecule has 1 fully saturated rings. The Labute approximate surface area is 149 Å². The Morgan fingerprint density at radius 3 is 2.83 bits per heavy atom. The van der Waals surface area contributed by atoms with Crippen molar-refractivity contribution in [2.75, 3.05) is 20.1 Å². The fraction of sp³-hybridized carbons (Fsp3) is 0.500. The Kier molecular flexibility index (Phi) is 7.32. The highest BCUT2D eigenvalue weighted by Gasteiger charge is 2.28. The third-order valence-electron chi connectivity index (χ3n) is 4.28. The molecule has 0 bridgehead atoms. The second kappa shape index (κ2) is 8.52. The van der Waals surface area contributed by atoms with Crippen LogP contribution in [0.4, 0.5) is 0 Å². The van der Waals surface area contributed by atoms with Crippen molar-refractivity contribution in [2.45, 2.75) is 32.4 Å². The van der Waals surface area contributed by atoms with Crippen molar-refractivity contribution in [1.29, 1.82) is 0 Å². The molecule has 2 heterocycles. The lowest BCUT2D eigenvalue weighted by atomic mass is 10.2. The number of nitrogens with one attached hydrogen (secondary N) is 1. The lowest BCUT2D eigenvalue weighted by Crippen LogP contribution is -2.42. The first-order valence-corrected chi connectivity index (χ1v) is 7.56. The maximum absolute atomic E-state index is 12.6. The number of halogens is 2. The number of para-hydroxylation sites is 2. The number of likely N-dealkylation sites (N-methyl/N-ethyl adjacent to an activating group) is 1. The normalized spacial score (nSPS) is 17.0. The molecule has 0 radical (unpaired) electrons. The summed E-state index contributed by atoms with van der Waals surface area (Å²) in [5.74, 6) is 1.09. The van der Waals surface area contributed by atoms with E-state index < -0.39 is 0 Å². The molecule has 1 aliphatic heterocycles. The quantitative estimate of drug-likeness (QED) is 0.912. The number of imidazole rings is 1. The standard InChI is InChI=1S/C16H22N4O.2ClH/c1-12-18-14-7-3-4-8-15(14)20(12)11-16(21)19-9-5-6-13(19)10-17-2;;/h3-4,7-8,13,17H,5-6,9-11H2,1-2H3;2*1H. The molecule has 0 saturated carbocycles. The molecule has 7 heteroatoms. The zero-order chi connectivity index (χ0) is 14.8. The number of aryl methyl sites for hydroxylation is 1. The van der Waals surface area contributed by atoms with Crippen LogP contribution in [-0.4, -0.2) is 46.5 Å². The van der Waals surface area contributed by atoms with Crippen molar-refractivity contribution in [2.24, 2.45) is 0 Å². The van der Waals surface area contributed by atoms with E-state index in [9.17, 15) is 4.79 Å². The first-order chi connectivity index (χ1) is 10.2. The summed E-state index contributed by atoms with van der Waals surface area (Å²) in [6.45, 7) is 4.08. The molecule has 3 rings (SSSR count). The summed E-state index contributed by atoms with van der Waals surface area (Å²) in [4.78, 5) is 19.2. The summed E-state index contributed by atoms with van der Waals surface area (Å²) < 4.78 is 2.02. The summed E-state index contributed by atoms with van der Waals surface area (Å²) in [5, 5.41) is 3.18. The van der Waals surface area contributed by atoms with Gasteiger partial charge in [-0.05, 0) is 38.9 Å². The van der Waals surface area contributed by atoms with Gasteiger partial charge in [0.2, 0.25) is 5.91 Å². The van der Waals surface area contributed by atoms with E-state index in [1.165, 1.54) is 0 Å². The van der Waals surface area contributed by atoms with E-state index in [1.54, 1.807) is 0 Å². The van der Waals surface area contributed by atoms with Crippen LogP contribution in [0.25, 0.3) is 11.0 Å². The molecule has 128 valence electrons. The lowest BCUT2D eigenvalue weighted by molar-refractivity contribution is -0.132. The van der Waals surface area contributed by atoms with Crippen LogP contribution in [-0.2, 0) is 11.3 Å². The second-order valence-corrected chi connectivity index (χ2v) is 5.67. The number of likely N-dealkylation sites (tertiary alicyclic amines) is 1. The van der Waals surface area contributed by atoms with Crippen LogP contribution in [0.3, 0.4) is 0 Å². The van der Waals surface area contributed by atoms with Crippen molar-refractivity contribution in [3.8, 4) is 0 Å². The van der Waals surface area contributed by atoms with Gasteiger partial charge in [-0.2, -0.15) is 0 Å². The highest BCUT2D eigenvalue weighted by atomic mass is 35.5. The van der Waals surface area contributed by atoms with Crippen molar-refractivity contribution in [1.82, 2.24) is 19.8 Å². The molecule has 1 N–H and O–H groups in total. The van der Waals surface area contributed by atoms with Gasteiger partial charge in [-0.15, -0.1) is 24.8 Å². The van der Waals surface area contributed by atoms with E-state index in [1.807, 2.05) is 47.7 Å². The van der Waals surface area contributed by atoms with Crippen LogP contribution in [0.15, 0.2) is 24.3 Å². The van der Waals surface area contributed by atoms with Crippen LogP contribution in [0.2, 0.25) is 0 Å². The van der Waals surface area contributed by atoms with Gasteiger partial charge in [-0.3, -0.25) is 4.79 Å². The molecule has 1 aromatic carbocycles. The monoisotopic (exact) mass is 358 g/mol. The number of hydrogen-bond donors (Lipinski definition) is 1. The van der Waals surface area contributed by atoms with Crippen molar-refractivity contribution >= 4 is 41.8 Å². The maximum Gasteiger partial charge on any atom is 0.242 e. The van der Waals surface area contributed by atoms with Crippen LogP contribution in [0.5, 0.6) is 0 Å². The van der Waals surface area contributed by atoms with E-state index >= 15 is 0 Å². The molecule has 23 heavy (non-hydrogen) atoms. The topological polar surface area (TPSA) is 50.2 Å². The fourth-order valence-corrected chi connectivity index (χ4v) is 3.23. The van der Waals surface area contributed by atoms with Gasteiger partial charge < -0.3 is 14.8 Å². The highest BCUT2D eigenvalue weighted by molar-refractivity contribution is 5.85. The number of rotatable bonds is 4. The number of amides is 1. The van der Waals surface area contributed by atoms with Crippen molar-refractivity contribution in [3.63, 3.8) is 0 Å². The Morgan fingerprint density at radius 1 is 1.35 bits per heavy atom. The Morgan fingerprint density at radius 2 is 2.09 bits per heavy atom. The summed E-state index contributed by atoms with van der Waals surface area (Å²) in [6, 6.07) is 8.31. The van der Waals surface area contributed by atoms with Crippen LogP contribution < -0.4 is 5.32 Å². The smallest absolute Gasteiger partial charge is 0.242 e. The van der Waals surface area contributed by atoms with Crippen molar-refractivity contribution < 1.29 is 4.79 Å². The summed E-state index contributed by atoms with van der Waals surface area (Å²) in [5.41, 5.74) is 1.99. The molecular weight excluding hydrogens is 335 g/mol. The Bertz CT molecular complexity index is 659. The highest BCUT2D eigenvalue weighted by Crippen LogP contribution is 2.19. The molecule has 2 aromatic rings. The summed E-state index contributed by atoms with van der Waals surface area (Å²) in [7, 11) is 1.94. The van der Waals surface area contributed by atoms with Gasteiger partial charge >= 0.3 is 0 Å². The molecule has 1 amide bonds. The summed E-state index contributed by atoms with van der Waals surface area (Å²) in [6.07, 6.45) is 2.19. The molecule has 1 aliphatic rings. The molecule has 0 spiro atoms. The van der Waals surface area contributed by atoms with Gasteiger partial charge in [0.1, 0.15) is 12.4 Å². The Hall–Kier alpha value is -1.30. The van der Waals surface area contributed by atoms with Crippen LogP contribution in [0.1, 0.15) is 18.7 Å². The molecule has 1 atom stereocenters. The lowest BCUT2D eigenvalue weighted by Gasteiger charge is -2.25. The van der Waals surface area contributed by atoms with E-state index in [-0.39, 0.29) is 30.7 Å². The molecule has 1 aromatic heterocycles. The zero-order valence-corrected chi connectivity index (χ0v) is 15.1. The molecule has 1 unspecified atom stereocenters.